The monoisotopic (exact) mass is 401 g/mol. The van der Waals surface area contributed by atoms with Gasteiger partial charge in [-0.25, -0.2) is 9.37 Å². The van der Waals surface area contributed by atoms with Crippen molar-refractivity contribution in [2.75, 3.05) is 33.2 Å². The van der Waals surface area contributed by atoms with Crippen LogP contribution >= 0.6 is 0 Å². The van der Waals surface area contributed by atoms with E-state index in [1.807, 2.05) is 19.9 Å². The Kier molecular flexibility index (Phi) is 7.63. The molecular formula is C22H32FN5O. The van der Waals surface area contributed by atoms with Crippen LogP contribution < -0.4 is 10.6 Å². The van der Waals surface area contributed by atoms with Gasteiger partial charge in [0.2, 0.25) is 5.89 Å². The number of likely N-dealkylation sites (tertiary alicyclic amines) is 1. The predicted octanol–water partition coefficient (Wildman–Crippen LogP) is 3.05. The van der Waals surface area contributed by atoms with E-state index in [0.717, 1.165) is 80.9 Å². The molecule has 0 aliphatic carbocycles. The van der Waals surface area contributed by atoms with Gasteiger partial charge < -0.3 is 15.1 Å². The Morgan fingerprint density at radius 3 is 2.72 bits per heavy atom. The third kappa shape index (κ3) is 6.56. The van der Waals surface area contributed by atoms with Crippen LogP contribution in [0.2, 0.25) is 0 Å². The van der Waals surface area contributed by atoms with Gasteiger partial charge in [0.05, 0.1) is 12.2 Å². The van der Waals surface area contributed by atoms with Crippen LogP contribution in [-0.2, 0) is 13.0 Å². The van der Waals surface area contributed by atoms with E-state index >= 15 is 0 Å². The van der Waals surface area contributed by atoms with Crippen molar-refractivity contribution in [2.24, 2.45) is 10.9 Å². The highest BCUT2D eigenvalue weighted by Gasteiger charge is 2.21. The lowest BCUT2D eigenvalue weighted by atomic mass is 9.97. The SMILES string of the molecule is CN=C(NCCc1cccc(F)c1)NCC1CCN(Cc2nc(C)c(C)o2)CC1. The van der Waals surface area contributed by atoms with Crippen molar-refractivity contribution in [1.29, 1.82) is 0 Å². The molecule has 1 saturated heterocycles. The first-order valence-corrected chi connectivity index (χ1v) is 10.4. The largest absolute Gasteiger partial charge is 0.444 e. The molecule has 2 N–H and O–H groups in total. The molecule has 1 aliphatic heterocycles. The van der Waals surface area contributed by atoms with Crippen LogP contribution in [0.15, 0.2) is 33.7 Å². The van der Waals surface area contributed by atoms with Crippen LogP contribution in [0, 0.1) is 25.6 Å². The summed E-state index contributed by atoms with van der Waals surface area (Å²) in [5, 5.41) is 6.74. The standard InChI is InChI=1S/C22H32FN5O/c1-16-17(2)29-21(27-16)15-28-11-8-19(9-12-28)14-26-22(24-3)25-10-7-18-5-4-6-20(23)13-18/h4-6,13,19H,7-12,14-15H2,1-3H3,(H2,24,25,26). The van der Waals surface area contributed by atoms with Crippen molar-refractivity contribution in [3.8, 4) is 0 Å². The van der Waals surface area contributed by atoms with E-state index in [0.29, 0.717) is 5.92 Å². The highest BCUT2D eigenvalue weighted by atomic mass is 19.1. The zero-order chi connectivity index (χ0) is 20.6. The lowest BCUT2D eigenvalue weighted by molar-refractivity contribution is 0.164. The summed E-state index contributed by atoms with van der Waals surface area (Å²) in [6, 6.07) is 6.73. The molecule has 0 unspecified atom stereocenters. The molecule has 1 aromatic heterocycles. The number of aryl methyl sites for hydroxylation is 2. The van der Waals surface area contributed by atoms with E-state index in [9.17, 15) is 4.39 Å². The van der Waals surface area contributed by atoms with Crippen LogP contribution in [0.3, 0.4) is 0 Å². The maximum atomic E-state index is 13.2. The third-order valence-electron chi connectivity index (χ3n) is 5.52. The lowest BCUT2D eigenvalue weighted by Gasteiger charge is -2.31. The van der Waals surface area contributed by atoms with Crippen molar-refractivity contribution in [2.45, 2.75) is 39.7 Å². The van der Waals surface area contributed by atoms with Crippen molar-refractivity contribution >= 4 is 5.96 Å². The molecular weight excluding hydrogens is 369 g/mol. The molecule has 3 rings (SSSR count). The molecule has 0 saturated carbocycles. The van der Waals surface area contributed by atoms with E-state index < -0.39 is 0 Å². The van der Waals surface area contributed by atoms with Gasteiger partial charge in [-0.15, -0.1) is 0 Å². The Morgan fingerprint density at radius 1 is 1.28 bits per heavy atom. The fourth-order valence-corrected chi connectivity index (χ4v) is 3.63. The summed E-state index contributed by atoms with van der Waals surface area (Å²) in [6.07, 6.45) is 3.05. The van der Waals surface area contributed by atoms with Crippen LogP contribution in [-0.4, -0.2) is 49.1 Å². The lowest BCUT2D eigenvalue weighted by Crippen LogP contribution is -2.43. The first-order chi connectivity index (χ1) is 14.0. The molecule has 0 amide bonds. The molecule has 1 aliphatic rings. The van der Waals surface area contributed by atoms with Crippen LogP contribution in [0.25, 0.3) is 0 Å². The topological polar surface area (TPSA) is 65.7 Å². The third-order valence-corrected chi connectivity index (χ3v) is 5.52. The number of hydrogen-bond acceptors (Lipinski definition) is 4. The summed E-state index contributed by atoms with van der Waals surface area (Å²) >= 11 is 0. The van der Waals surface area contributed by atoms with E-state index in [1.54, 1.807) is 19.2 Å². The number of aliphatic imine (C=N–C) groups is 1. The maximum Gasteiger partial charge on any atom is 0.208 e. The van der Waals surface area contributed by atoms with Crippen LogP contribution in [0.5, 0.6) is 0 Å². The summed E-state index contributed by atoms with van der Waals surface area (Å²) in [5.74, 6) is 2.97. The highest BCUT2D eigenvalue weighted by molar-refractivity contribution is 5.79. The van der Waals surface area contributed by atoms with E-state index in [2.05, 4.69) is 25.5 Å². The number of nitrogens with zero attached hydrogens (tertiary/aromatic N) is 3. The number of halogens is 1. The molecule has 1 aromatic carbocycles. The summed E-state index contributed by atoms with van der Waals surface area (Å²) < 4.78 is 18.9. The fraction of sp³-hybridized carbons (Fsp3) is 0.545. The summed E-state index contributed by atoms with van der Waals surface area (Å²) in [5.41, 5.74) is 1.96. The molecule has 2 aromatic rings. The van der Waals surface area contributed by atoms with Gasteiger partial charge in [-0.1, -0.05) is 12.1 Å². The van der Waals surface area contributed by atoms with Crippen molar-refractivity contribution < 1.29 is 8.81 Å². The minimum atomic E-state index is -0.190. The molecule has 2 heterocycles. The van der Waals surface area contributed by atoms with Crippen molar-refractivity contribution in [3.63, 3.8) is 0 Å². The average Bonchev–Trinajstić information content (AvgIpc) is 3.02. The number of nitrogens with one attached hydrogen (secondary N) is 2. The molecule has 7 heteroatoms. The molecule has 0 radical (unpaired) electrons. The minimum absolute atomic E-state index is 0.190. The predicted molar refractivity (Wildman–Crippen MR) is 113 cm³/mol. The van der Waals surface area contributed by atoms with Gasteiger partial charge in [-0.2, -0.15) is 0 Å². The second kappa shape index (κ2) is 10.4. The Balaban J connectivity index is 1.34. The number of guanidine groups is 1. The summed E-state index contributed by atoms with van der Waals surface area (Å²) in [7, 11) is 1.78. The Bertz CT molecular complexity index is 792. The Hall–Kier alpha value is -2.41. The molecule has 158 valence electrons. The first-order valence-electron chi connectivity index (χ1n) is 10.4. The summed E-state index contributed by atoms with van der Waals surface area (Å²) in [6.45, 7) is 8.47. The van der Waals surface area contributed by atoms with Gasteiger partial charge in [-0.3, -0.25) is 9.89 Å². The average molecular weight is 402 g/mol. The van der Waals surface area contributed by atoms with Gasteiger partial charge in [0.25, 0.3) is 0 Å². The maximum absolute atomic E-state index is 13.2. The molecule has 1 fully saturated rings. The van der Waals surface area contributed by atoms with Gasteiger partial charge in [0, 0.05) is 20.1 Å². The normalized spacial score (nSPS) is 16.2. The molecule has 6 nitrogen and oxygen atoms in total. The quantitative estimate of drug-likeness (QED) is 0.551. The Morgan fingerprint density at radius 2 is 2.07 bits per heavy atom. The number of oxazole rings is 1. The second-order valence-corrected chi connectivity index (χ2v) is 7.73. The minimum Gasteiger partial charge on any atom is -0.444 e. The number of aromatic nitrogens is 1. The van der Waals surface area contributed by atoms with E-state index in [4.69, 9.17) is 4.42 Å². The van der Waals surface area contributed by atoms with Crippen LogP contribution in [0.4, 0.5) is 4.39 Å². The molecule has 0 bridgehead atoms. The van der Waals surface area contributed by atoms with Gasteiger partial charge in [-0.05, 0) is 69.8 Å². The van der Waals surface area contributed by atoms with E-state index in [-0.39, 0.29) is 5.82 Å². The Labute approximate surface area is 172 Å². The molecule has 0 spiro atoms. The van der Waals surface area contributed by atoms with Crippen molar-refractivity contribution in [3.05, 3.63) is 53.0 Å². The smallest absolute Gasteiger partial charge is 0.208 e. The summed E-state index contributed by atoms with van der Waals surface area (Å²) in [4.78, 5) is 11.2. The number of piperidine rings is 1. The number of hydrogen-bond donors (Lipinski definition) is 2. The van der Waals surface area contributed by atoms with Gasteiger partial charge >= 0.3 is 0 Å². The molecule has 29 heavy (non-hydrogen) atoms. The van der Waals surface area contributed by atoms with Crippen LogP contribution in [0.1, 0.15) is 35.7 Å². The van der Waals surface area contributed by atoms with Gasteiger partial charge in [0.1, 0.15) is 11.6 Å². The number of rotatable bonds is 7. The van der Waals surface area contributed by atoms with E-state index in [1.165, 1.54) is 6.07 Å². The zero-order valence-corrected chi connectivity index (χ0v) is 17.7. The fourth-order valence-electron chi connectivity index (χ4n) is 3.63. The highest BCUT2D eigenvalue weighted by Crippen LogP contribution is 2.19. The second-order valence-electron chi connectivity index (χ2n) is 7.73. The van der Waals surface area contributed by atoms with Gasteiger partial charge in [0.15, 0.2) is 5.96 Å². The first kappa shape index (κ1) is 21.3. The molecule has 0 atom stereocenters. The number of benzene rings is 1. The zero-order valence-electron chi connectivity index (χ0n) is 17.7. The van der Waals surface area contributed by atoms with Crippen molar-refractivity contribution in [1.82, 2.24) is 20.5 Å².